The van der Waals surface area contributed by atoms with E-state index in [1.165, 1.54) is 0 Å². The van der Waals surface area contributed by atoms with Crippen molar-refractivity contribution in [2.45, 2.75) is 6.61 Å². The van der Waals surface area contributed by atoms with Crippen LogP contribution in [0.1, 0.15) is 5.56 Å². The number of aromatic nitrogens is 1. The first-order chi connectivity index (χ1) is 12.7. The summed E-state index contributed by atoms with van der Waals surface area (Å²) >= 11 is 2.26. The highest BCUT2D eigenvalue weighted by Crippen LogP contribution is 2.39. The summed E-state index contributed by atoms with van der Waals surface area (Å²) in [6.45, 7) is 0.623. The predicted molar refractivity (Wildman–Crippen MR) is 104 cm³/mol. The summed E-state index contributed by atoms with van der Waals surface area (Å²) in [6, 6.07) is 9.47. The number of rotatable bonds is 5. The maximum absolute atomic E-state index is 6.08. The van der Waals surface area contributed by atoms with Crippen LogP contribution in [0.3, 0.4) is 0 Å². The molecule has 7 heteroatoms. The number of halogens is 1. The van der Waals surface area contributed by atoms with Gasteiger partial charge in [-0.1, -0.05) is 0 Å². The molecule has 1 aliphatic heterocycles. The van der Waals surface area contributed by atoms with Gasteiger partial charge in [-0.15, -0.1) is 0 Å². The maximum atomic E-state index is 6.08. The summed E-state index contributed by atoms with van der Waals surface area (Å²) in [6.07, 6.45) is 1.72. The molecule has 4 rings (SSSR count). The quantitative estimate of drug-likeness (QED) is 0.528. The van der Waals surface area contributed by atoms with E-state index in [9.17, 15) is 0 Å². The molecule has 0 aliphatic carbocycles. The molecular weight excluding hydrogens is 449 g/mol. The van der Waals surface area contributed by atoms with E-state index in [1.807, 2.05) is 30.3 Å². The van der Waals surface area contributed by atoms with Crippen LogP contribution in [0, 0.1) is 3.57 Å². The molecule has 3 aromatic rings. The van der Waals surface area contributed by atoms with Crippen molar-refractivity contribution in [2.75, 3.05) is 21.0 Å². The van der Waals surface area contributed by atoms with Crippen LogP contribution in [0.2, 0.25) is 0 Å². The molecule has 0 N–H and O–H groups in total. The van der Waals surface area contributed by atoms with Gasteiger partial charge in [-0.25, -0.2) is 0 Å². The van der Waals surface area contributed by atoms with E-state index in [1.54, 1.807) is 20.4 Å². The lowest BCUT2D eigenvalue weighted by Gasteiger charge is -2.14. The number of fused-ring (bicyclic) bond motifs is 2. The van der Waals surface area contributed by atoms with E-state index in [-0.39, 0.29) is 6.79 Å². The average molecular weight is 465 g/mol. The van der Waals surface area contributed by atoms with Crippen molar-refractivity contribution in [3.63, 3.8) is 0 Å². The van der Waals surface area contributed by atoms with Crippen LogP contribution in [-0.4, -0.2) is 26.0 Å². The zero-order chi connectivity index (χ0) is 18.1. The summed E-state index contributed by atoms with van der Waals surface area (Å²) in [5.74, 6) is 3.52. The van der Waals surface area contributed by atoms with Crippen LogP contribution in [0.5, 0.6) is 28.7 Å². The zero-order valence-electron chi connectivity index (χ0n) is 14.2. The lowest BCUT2D eigenvalue weighted by atomic mass is 10.1. The summed E-state index contributed by atoms with van der Waals surface area (Å²) in [7, 11) is 3.24. The molecule has 26 heavy (non-hydrogen) atoms. The van der Waals surface area contributed by atoms with E-state index in [2.05, 4.69) is 27.6 Å². The second-order valence-electron chi connectivity index (χ2n) is 5.62. The molecule has 0 radical (unpaired) electrons. The highest BCUT2D eigenvalue weighted by Gasteiger charge is 2.17. The van der Waals surface area contributed by atoms with Gasteiger partial charge >= 0.3 is 0 Å². The van der Waals surface area contributed by atoms with Gasteiger partial charge in [0, 0.05) is 26.8 Å². The minimum absolute atomic E-state index is 0.228. The van der Waals surface area contributed by atoms with E-state index >= 15 is 0 Å². The Kier molecular flexibility index (Phi) is 4.62. The molecule has 0 amide bonds. The summed E-state index contributed by atoms with van der Waals surface area (Å²) in [5.41, 5.74) is 1.81. The molecular formula is C19H16INO5. The molecule has 134 valence electrons. The predicted octanol–water partition coefficient (Wildman–Crippen LogP) is 4.16. The van der Waals surface area contributed by atoms with Crippen molar-refractivity contribution < 1.29 is 23.7 Å². The number of benzene rings is 2. The van der Waals surface area contributed by atoms with Crippen molar-refractivity contribution in [3.8, 4) is 28.7 Å². The van der Waals surface area contributed by atoms with Gasteiger partial charge < -0.3 is 23.7 Å². The molecule has 0 atom stereocenters. The van der Waals surface area contributed by atoms with Crippen molar-refractivity contribution in [1.29, 1.82) is 0 Å². The van der Waals surface area contributed by atoms with Crippen LogP contribution in [0.15, 0.2) is 36.5 Å². The average Bonchev–Trinajstić information content (AvgIpc) is 3.12. The largest absolute Gasteiger partial charge is 0.493 e. The number of nitrogens with zero attached hydrogens (tertiary/aromatic N) is 1. The normalized spacial score (nSPS) is 12.3. The Bertz CT molecular complexity index is 976. The van der Waals surface area contributed by atoms with Crippen molar-refractivity contribution in [1.82, 2.24) is 4.98 Å². The van der Waals surface area contributed by atoms with Crippen LogP contribution >= 0.6 is 22.6 Å². The van der Waals surface area contributed by atoms with E-state index in [0.29, 0.717) is 29.6 Å². The summed E-state index contributed by atoms with van der Waals surface area (Å²) in [4.78, 5) is 4.39. The number of pyridine rings is 1. The third kappa shape index (κ3) is 3.07. The number of hydrogen-bond acceptors (Lipinski definition) is 6. The molecule has 1 aliphatic rings. The van der Waals surface area contributed by atoms with Crippen molar-refractivity contribution in [2.24, 2.45) is 0 Å². The fourth-order valence-corrected chi connectivity index (χ4v) is 3.39. The first kappa shape index (κ1) is 17.0. The number of ether oxygens (including phenoxy) is 5. The molecule has 6 nitrogen and oxygen atoms in total. The van der Waals surface area contributed by atoms with Gasteiger partial charge in [0.1, 0.15) is 12.4 Å². The van der Waals surface area contributed by atoms with Crippen LogP contribution in [-0.2, 0) is 6.61 Å². The zero-order valence-corrected chi connectivity index (χ0v) is 16.4. The highest BCUT2D eigenvalue weighted by molar-refractivity contribution is 14.1. The second-order valence-corrected chi connectivity index (χ2v) is 6.78. The Labute approximate surface area is 164 Å². The molecule has 2 heterocycles. The fraction of sp³-hybridized carbons (Fsp3) is 0.211. The van der Waals surface area contributed by atoms with E-state index in [4.69, 9.17) is 23.7 Å². The Morgan fingerprint density at radius 2 is 1.73 bits per heavy atom. The van der Waals surface area contributed by atoms with Crippen LogP contribution in [0.25, 0.3) is 10.9 Å². The monoisotopic (exact) mass is 465 g/mol. The molecule has 1 aromatic heterocycles. The van der Waals surface area contributed by atoms with Gasteiger partial charge in [-0.2, -0.15) is 0 Å². The lowest BCUT2D eigenvalue weighted by Crippen LogP contribution is -2.01. The minimum Gasteiger partial charge on any atom is -0.493 e. The first-order valence-electron chi connectivity index (χ1n) is 7.91. The first-order valence-corrected chi connectivity index (χ1v) is 8.99. The number of hydrogen-bond donors (Lipinski definition) is 0. The van der Waals surface area contributed by atoms with E-state index in [0.717, 1.165) is 25.8 Å². The molecule has 0 spiro atoms. The Balaban J connectivity index is 1.64. The molecule has 0 fully saturated rings. The van der Waals surface area contributed by atoms with E-state index < -0.39 is 0 Å². The van der Waals surface area contributed by atoms with Gasteiger partial charge in [0.05, 0.1) is 19.7 Å². The number of methoxy groups -OCH3 is 2. The summed E-state index contributed by atoms with van der Waals surface area (Å²) in [5, 5.41) is 0.882. The molecule has 0 saturated carbocycles. The van der Waals surface area contributed by atoms with Crippen molar-refractivity contribution >= 4 is 33.5 Å². The van der Waals surface area contributed by atoms with Gasteiger partial charge in [0.25, 0.3) is 0 Å². The van der Waals surface area contributed by atoms with Gasteiger partial charge in [0.2, 0.25) is 6.79 Å². The maximum Gasteiger partial charge on any atom is 0.231 e. The van der Waals surface area contributed by atoms with Crippen LogP contribution in [0.4, 0.5) is 0 Å². The molecule has 0 unspecified atom stereocenters. The third-order valence-corrected chi connectivity index (χ3v) is 5.14. The van der Waals surface area contributed by atoms with Gasteiger partial charge in [-0.3, -0.25) is 4.98 Å². The molecule has 0 saturated heterocycles. The smallest absolute Gasteiger partial charge is 0.231 e. The third-order valence-electron chi connectivity index (χ3n) is 4.13. The summed E-state index contributed by atoms with van der Waals surface area (Å²) < 4.78 is 28.7. The molecule has 2 aromatic carbocycles. The minimum atomic E-state index is 0.228. The Morgan fingerprint density at radius 3 is 2.50 bits per heavy atom. The van der Waals surface area contributed by atoms with Crippen LogP contribution < -0.4 is 23.7 Å². The van der Waals surface area contributed by atoms with Crippen molar-refractivity contribution in [3.05, 3.63) is 45.7 Å². The Hall–Kier alpha value is -2.42. The SMILES string of the molecule is COc1cc(I)c(COc2ccnc3cc4c(cc23)OCO4)cc1OC. The highest BCUT2D eigenvalue weighted by atomic mass is 127. The molecule has 0 bridgehead atoms. The topological polar surface area (TPSA) is 59.0 Å². The lowest BCUT2D eigenvalue weighted by molar-refractivity contribution is 0.174. The van der Waals surface area contributed by atoms with Gasteiger partial charge in [0.15, 0.2) is 23.0 Å². The van der Waals surface area contributed by atoms with Gasteiger partial charge in [-0.05, 0) is 46.9 Å². The Morgan fingerprint density at radius 1 is 1.00 bits per heavy atom. The standard InChI is InChI=1S/C19H16INO5/c1-22-16-5-11(13(20)7-17(16)23-2)9-24-15-3-4-21-14-8-19-18(6-12(14)15)25-10-26-19/h3-8H,9-10H2,1-2H3. The second kappa shape index (κ2) is 7.06. The fourth-order valence-electron chi connectivity index (χ4n) is 2.80.